The van der Waals surface area contributed by atoms with Crippen LogP contribution in [0.5, 0.6) is 0 Å². The van der Waals surface area contributed by atoms with Crippen molar-refractivity contribution < 1.29 is 41.0 Å². The van der Waals surface area contributed by atoms with Crippen LogP contribution in [0.3, 0.4) is 0 Å². The van der Waals surface area contributed by atoms with E-state index in [-0.39, 0.29) is 17.9 Å². The topological polar surface area (TPSA) is 161 Å². The van der Waals surface area contributed by atoms with Crippen LogP contribution in [0, 0.1) is 17.7 Å². The average Bonchev–Trinajstić information content (AvgIpc) is 3.58. The van der Waals surface area contributed by atoms with E-state index in [2.05, 4.69) is 5.32 Å². The molecular weight excluding hydrogens is 421 g/mol. The lowest BCUT2D eigenvalue weighted by atomic mass is 10.1. The van der Waals surface area contributed by atoms with Gasteiger partial charge in [-0.15, -0.1) is 0 Å². The van der Waals surface area contributed by atoms with E-state index in [4.69, 9.17) is 21.8 Å². The Morgan fingerprint density at radius 3 is 1.16 bits per heavy atom. The van der Waals surface area contributed by atoms with Crippen molar-refractivity contribution >= 4 is 23.9 Å². The molecule has 9 nitrogen and oxygen atoms in total. The molecule has 0 aromatic rings. The van der Waals surface area contributed by atoms with E-state index in [9.17, 15) is 19.2 Å². The second-order valence-corrected chi connectivity index (χ2v) is 8.74. The molecule has 4 aliphatic rings. The van der Waals surface area contributed by atoms with Gasteiger partial charge in [0.25, 0.3) is 0 Å². The first-order valence-corrected chi connectivity index (χ1v) is 11.7. The summed E-state index contributed by atoms with van der Waals surface area (Å²) in [5.41, 5.74) is 0. The minimum atomic E-state index is -1.14. The summed E-state index contributed by atoms with van der Waals surface area (Å²) >= 11 is 0. The number of carboxylic acid groups (broad SMARTS) is 4. The van der Waals surface area contributed by atoms with E-state index in [0.29, 0.717) is 12.8 Å². The number of carbonyl (C=O) groups is 4. The van der Waals surface area contributed by atoms with Crippen LogP contribution in [0.15, 0.2) is 0 Å². The molecule has 0 amide bonds. The van der Waals surface area contributed by atoms with E-state index in [1.54, 1.807) is 0 Å². The van der Waals surface area contributed by atoms with Crippen molar-refractivity contribution in [2.75, 3.05) is 6.54 Å². The third kappa shape index (κ3) is 11.5. The van der Waals surface area contributed by atoms with Gasteiger partial charge in [0.15, 0.2) is 0 Å². The van der Waals surface area contributed by atoms with Crippen molar-refractivity contribution in [2.24, 2.45) is 17.7 Å². The minimum Gasteiger partial charge on any atom is -0.481 e. The second kappa shape index (κ2) is 15.6. The highest BCUT2D eigenvalue weighted by molar-refractivity contribution is 5.73. The molecule has 0 aromatic heterocycles. The van der Waals surface area contributed by atoms with Crippen molar-refractivity contribution in [2.45, 2.75) is 95.9 Å². The predicted molar refractivity (Wildman–Crippen MR) is 117 cm³/mol. The Balaban J connectivity index is 0.000000220. The van der Waals surface area contributed by atoms with Crippen molar-refractivity contribution in [3.63, 3.8) is 0 Å². The van der Waals surface area contributed by atoms with Gasteiger partial charge in [0.1, 0.15) is 6.04 Å². The van der Waals surface area contributed by atoms with Gasteiger partial charge in [0.05, 0.1) is 17.7 Å². The maximum Gasteiger partial charge on any atom is 0.320 e. The third-order valence-electron chi connectivity index (χ3n) is 6.28. The van der Waals surface area contributed by atoms with Crippen LogP contribution in [0.4, 0.5) is 0 Å². The van der Waals surface area contributed by atoms with Crippen LogP contribution >= 0.6 is 0 Å². The lowest BCUT2D eigenvalue weighted by molar-refractivity contribution is -0.142. The standard InChI is InChI=1S/3C6H10O2.C5H9NO2/c3*7-6(8)5-3-1-2-4-5;7-5(8)4-2-1-3-6-4/h3*5H,1-4H2,(H,7,8);4,6H,1-3H2,(H,7,8)/i6+1;5D;1+1;6+1. The lowest BCUT2D eigenvalue weighted by Gasteiger charge is -1.99. The van der Waals surface area contributed by atoms with Crippen LogP contribution in [0.1, 0.15) is 91.3 Å². The summed E-state index contributed by atoms with van der Waals surface area (Å²) in [4.78, 5) is 40.9. The fourth-order valence-electron chi connectivity index (χ4n) is 4.26. The quantitative estimate of drug-likeness (QED) is 0.311. The maximum atomic E-state index is 10.3. The van der Waals surface area contributed by atoms with Crippen LogP contribution in [0.25, 0.3) is 0 Å². The highest BCUT2D eigenvalue weighted by Gasteiger charge is 2.22. The summed E-state index contributed by atoms with van der Waals surface area (Å²) in [5.74, 6) is -4.07. The average molecular weight is 462 g/mol. The lowest BCUT2D eigenvalue weighted by Crippen LogP contribution is -2.29. The van der Waals surface area contributed by atoms with Gasteiger partial charge in [-0.1, -0.05) is 38.5 Å². The molecule has 0 aromatic carbocycles. The largest absolute Gasteiger partial charge is 0.481 e. The SMILES string of the molecule is O=C(O)C1CCC[15NH]1.O=C(O)C1CC[13CH2]C1.O=[13C](O)C1CCCC1.[2H]C1(C(=O)O)CCCC1. The van der Waals surface area contributed by atoms with E-state index < -0.39 is 29.8 Å². The van der Waals surface area contributed by atoms with Gasteiger partial charge in [0, 0.05) is 1.37 Å². The first kappa shape index (κ1) is 26.1. The zero-order valence-corrected chi connectivity index (χ0v) is 18.8. The number of nitrogens with one attached hydrogen (secondary N) is 1. The highest BCUT2D eigenvalue weighted by Crippen LogP contribution is 2.25. The fraction of sp³-hybridized carbons (Fsp3) is 0.826. The van der Waals surface area contributed by atoms with Crippen molar-refractivity contribution in [1.82, 2.24) is 5.32 Å². The molecule has 1 saturated heterocycles. The molecule has 1 heterocycles. The van der Waals surface area contributed by atoms with Crippen molar-refractivity contribution in [3.8, 4) is 0 Å². The predicted octanol–water partition coefficient (Wildman–Crippen LogP) is 3.61. The molecule has 0 radical (unpaired) electrons. The van der Waals surface area contributed by atoms with E-state index in [0.717, 1.165) is 83.6 Å². The zero-order chi connectivity index (χ0) is 24.9. The van der Waals surface area contributed by atoms with Crippen LogP contribution in [0.2, 0.25) is 0 Å². The molecule has 0 spiro atoms. The van der Waals surface area contributed by atoms with E-state index >= 15 is 0 Å². The molecule has 1 aliphatic heterocycles. The second-order valence-electron chi connectivity index (χ2n) is 8.74. The Hall–Kier alpha value is -2.16. The van der Waals surface area contributed by atoms with Crippen LogP contribution in [-0.2, 0) is 19.2 Å². The first-order chi connectivity index (χ1) is 15.6. The molecule has 32 heavy (non-hydrogen) atoms. The van der Waals surface area contributed by atoms with Gasteiger partial charge in [0.2, 0.25) is 0 Å². The molecule has 2 unspecified atom stereocenters. The molecule has 0 bridgehead atoms. The van der Waals surface area contributed by atoms with Crippen LogP contribution < -0.4 is 5.32 Å². The monoisotopic (exact) mass is 461 g/mol. The Bertz CT molecular complexity index is 571. The Morgan fingerprint density at radius 1 is 0.562 bits per heavy atom. The van der Waals surface area contributed by atoms with Gasteiger partial charge >= 0.3 is 23.9 Å². The molecule has 2 atom stereocenters. The smallest absolute Gasteiger partial charge is 0.320 e. The molecular formula is C23H39NO8. The van der Waals surface area contributed by atoms with Crippen molar-refractivity contribution in [1.29, 1.82) is 0 Å². The highest BCUT2D eigenvalue weighted by atomic mass is 16.5. The number of hydrogen-bond donors (Lipinski definition) is 5. The third-order valence-corrected chi connectivity index (χ3v) is 6.28. The Kier molecular flexibility index (Phi) is 12.7. The van der Waals surface area contributed by atoms with Crippen LogP contribution in [-0.4, -0.2) is 56.9 Å². The summed E-state index contributed by atoms with van der Waals surface area (Å²) in [6.45, 7) is 0.858. The Morgan fingerprint density at radius 2 is 0.969 bits per heavy atom. The molecule has 184 valence electrons. The summed E-state index contributed by atoms with van der Waals surface area (Å²) in [7, 11) is 0. The molecule has 3 aliphatic carbocycles. The summed E-state index contributed by atoms with van der Waals surface area (Å²) in [5, 5.41) is 36.5. The summed E-state index contributed by atoms with van der Waals surface area (Å²) in [6, 6.07) is -0.269. The van der Waals surface area contributed by atoms with Crippen molar-refractivity contribution in [3.05, 3.63) is 0 Å². The first-order valence-electron chi connectivity index (χ1n) is 12.2. The fourth-order valence-corrected chi connectivity index (χ4v) is 4.26. The maximum absolute atomic E-state index is 10.3. The van der Waals surface area contributed by atoms with E-state index in [1.807, 2.05) is 0 Å². The normalized spacial score (nSPS) is 26.3. The van der Waals surface area contributed by atoms with Gasteiger partial charge < -0.3 is 25.7 Å². The van der Waals surface area contributed by atoms with Gasteiger partial charge in [-0.2, -0.15) is 0 Å². The molecule has 9 heteroatoms. The summed E-state index contributed by atoms with van der Waals surface area (Å²) in [6.07, 6.45) is 12.7. The molecule has 4 rings (SSSR count). The molecule has 5 N–H and O–H groups in total. The van der Waals surface area contributed by atoms with Gasteiger partial charge in [-0.3, -0.25) is 19.2 Å². The van der Waals surface area contributed by atoms with Gasteiger partial charge in [-0.05, 0) is 57.9 Å². The number of aliphatic carboxylic acids is 4. The number of rotatable bonds is 4. The summed E-state index contributed by atoms with van der Waals surface area (Å²) < 4.78 is 7.34. The minimum absolute atomic E-state index is 0.0185. The zero-order valence-electron chi connectivity index (χ0n) is 19.8. The number of hydrogen-bond acceptors (Lipinski definition) is 5. The Labute approximate surface area is 191 Å². The van der Waals surface area contributed by atoms with Gasteiger partial charge in [-0.25, -0.2) is 0 Å². The molecule has 4 fully saturated rings. The van der Waals surface area contributed by atoms with E-state index in [1.165, 1.54) is 0 Å². The molecule has 3 saturated carbocycles. The number of carboxylic acids is 4.